The van der Waals surface area contributed by atoms with Gasteiger partial charge in [-0.15, -0.1) is 11.6 Å². The lowest BCUT2D eigenvalue weighted by molar-refractivity contribution is 0.440. The summed E-state index contributed by atoms with van der Waals surface area (Å²) in [6.07, 6.45) is 2.84. The highest BCUT2D eigenvalue weighted by molar-refractivity contribution is 9.10. The molecule has 1 unspecified atom stereocenters. The molecule has 0 aliphatic carbocycles. The third-order valence-electron chi connectivity index (χ3n) is 3.48. The van der Waals surface area contributed by atoms with Gasteiger partial charge in [-0.3, -0.25) is 0 Å². The maximum atomic E-state index is 10.2. The zero-order chi connectivity index (χ0) is 15.6. The molecule has 0 saturated heterocycles. The summed E-state index contributed by atoms with van der Waals surface area (Å²) < 4.78 is 0.955. The second kappa shape index (κ2) is 6.07. The van der Waals surface area contributed by atoms with E-state index in [1.54, 1.807) is 6.20 Å². The summed E-state index contributed by atoms with van der Waals surface area (Å²) in [6, 6.07) is 17.2. The summed E-state index contributed by atoms with van der Waals surface area (Å²) in [5.74, 6) is -0.128. The highest BCUT2D eigenvalue weighted by atomic mass is 79.9. The van der Waals surface area contributed by atoms with Gasteiger partial charge in [-0.05, 0) is 23.3 Å². The van der Waals surface area contributed by atoms with E-state index in [0.29, 0.717) is 5.56 Å². The SMILES string of the molecule is Oc1ncncc1C(Cl)(c1ccccc1)c1ccc(Br)cc1. The molecule has 110 valence electrons. The number of aromatic nitrogens is 2. The van der Waals surface area contributed by atoms with Crippen LogP contribution in [0.1, 0.15) is 16.7 Å². The Kier molecular flexibility index (Phi) is 4.14. The van der Waals surface area contributed by atoms with Gasteiger partial charge in [0.05, 0.1) is 5.56 Å². The van der Waals surface area contributed by atoms with Gasteiger partial charge in [0.2, 0.25) is 5.88 Å². The molecule has 0 bridgehead atoms. The Labute approximate surface area is 141 Å². The quantitative estimate of drug-likeness (QED) is 0.687. The van der Waals surface area contributed by atoms with Gasteiger partial charge in [0.1, 0.15) is 11.2 Å². The fourth-order valence-corrected chi connectivity index (χ4v) is 3.04. The average molecular weight is 376 g/mol. The van der Waals surface area contributed by atoms with Crippen LogP contribution in [-0.4, -0.2) is 15.1 Å². The molecule has 1 heterocycles. The number of aromatic hydroxyl groups is 1. The molecule has 3 aromatic rings. The van der Waals surface area contributed by atoms with Gasteiger partial charge in [-0.1, -0.05) is 58.4 Å². The first-order valence-corrected chi connectivity index (χ1v) is 7.79. The molecule has 0 fully saturated rings. The standard InChI is InChI=1S/C17H12BrClN2O/c18-14-8-6-13(7-9-14)17(19,12-4-2-1-3-5-12)15-10-20-11-21-16(15)22/h1-11H,(H,20,21,22). The number of halogens is 2. The third kappa shape index (κ3) is 2.60. The molecular weight excluding hydrogens is 364 g/mol. The van der Waals surface area contributed by atoms with Crippen molar-refractivity contribution in [3.05, 3.63) is 88.3 Å². The normalized spacial score (nSPS) is 13.5. The van der Waals surface area contributed by atoms with E-state index in [1.165, 1.54) is 6.33 Å². The highest BCUT2D eigenvalue weighted by Gasteiger charge is 2.37. The van der Waals surface area contributed by atoms with Gasteiger partial charge >= 0.3 is 0 Å². The first kappa shape index (κ1) is 15.0. The number of benzene rings is 2. The average Bonchev–Trinajstić information content (AvgIpc) is 2.56. The number of hydrogen-bond donors (Lipinski definition) is 1. The predicted molar refractivity (Wildman–Crippen MR) is 90.0 cm³/mol. The van der Waals surface area contributed by atoms with Crippen LogP contribution in [0.2, 0.25) is 0 Å². The zero-order valence-electron chi connectivity index (χ0n) is 11.4. The first-order valence-electron chi connectivity index (χ1n) is 6.62. The molecule has 3 rings (SSSR count). The van der Waals surface area contributed by atoms with Crippen LogP contribution >= 0.6 is 27.5 Å². The highest BCUT2D eigenvalue weighted by Crippen LogP contribution is 2.45. The Morgan fingerprint density at radius 2 is 1.59 bits per heavy atom. The molecule has 5 heteroatoms. The summed E-state index contributed by atoms with van der Waals surface area (Å²) in [5.41, 5.74) is 2.11. The van der Waals surface area contributed by atoms with E-state index in [4.69, 9.17) is 11.6 Å². The molecule has 0 aliphatic heterocycles. The number of alkyl halides is 1. The lowest BCUT2D eigenvalue weighted by Gasteiger charge is -2.28. The molecule has 0 radical (unpaired) electrons. The van der Waals surface area contributed by atoms with E-state index in [1.807, 2.05) is 54.6 Å². The van der Waals surface area contributed by atoms with Crippen molar-refractivity contribution in [2.45, 2.75) is 4.87 Å². The van der Waals surface area contributed by atoms with Gasteiger partial charge in [0, 0.05) is 10.7 Å². The zero-order valence-corrected chi connectivity index (χ0v) is 13.8. The van der Waals surface area contributed by atoms with E-state index in [0.717, 1.165) is 15.6 Å². The van der Waals surface area contributed by atoms with Gasteiger partial charge in [-0.2, -0.15) is 0 Å². The summed E-state index contributed by atoms with van der Waals surface area (Å²) in [6.45, 7) is 0. The molecule has 0 spiro atoms. The fraction of sp³-hybridized carbons (Fsp3) is 0.0588. The van der Waals surface area contributed by atoms with Crippen molar-refractivity contribution in [3.8, 4) is 5.88 Å². The second-order valence-electron chi connectivity index (χ2n) is 4.79. The first-order chi connectivity index (χ1) is 10.6. The number of hydrogen-bond acceptors (Lipinski definition) is 3. The smallest absolute Gasteiger partial charge is 0.219 e. The van der Waals surface area contributed by atoms with Crippen LogP contribution in [0.3, 0.4) is 0 Å². The lowest BCUT2D eigenvalue weighted by Crippen LogP contribution is -2.23. The molecule has 22 heavy (non-hydrogen) atoms. The van der Waals surface area contributed by atoms with Crippen LogP contribution in [-0.2, 0) is 4.87 Å². The maximum Gasteiger partial charge on any atom is 0.219 e. The fourth-order valence-electron chi connectivity index (χ4n) is 2.39. The summed E-state index contributed by atoms with van der Waals surface area (Å²) in [4.78, 5) is 6.82. The Morgan fingerprint density at radius 3 is 2.23 bits per heavy atom. The molecule has 2 aromatic carbocycles. The molecule has 0 aliphatic rings. The maximum absolute atomic E-state index is 10.2. The molecule has 3 nitrogen and oxygen atoms in total. The van der Waals surface area contributed by atoms with Crippen molar-refractivity contribution < 1.29 is 5.11 Å². The van der Waals surface area contributed by atoms with E-state index in [2.05, 4.69) is 25.9 Å². The van der Waals surface area contributed by atoms with Crippen LogP contribution < -0.4 is 0 Å². The van der Waals surface area contributed by atoms with Crippen LogP contribution in [0.25, 0.3) is 0 Å². The molecule has 1 atom stereocenters. The van der Waals surface area contributed by atoms with Gasteiger partial charge in [-0.25, -0.2) is 9.97 Å². The Balaban J connectivity index is 2.27. The molecule has 1 aromatic heterocycles. The Bertz CT molecular complexity index is 780. The minimum Gasteiger partial charge on any atom is -0.493 e. The van der Waals surface area contributed by atoms with Crippen molar-refractivity contribution >= 4 is 27.5 Å². The van der Waals surface area contributed by atoms with E-state index in [-0.39, 0.29) is 5.88 Å². The van der Waals surface area contributed by atoms with Crippen molar-refractivity contribution in [2.24, 2.45) is 0 Å². The van der Waals surface area contributed by atoms with Crippen LogP contribution in [0, 0.1) is 0 Å². The van der Waals surface area contributed by atoms with Gasteiger partial charge in [0.25, 0.3) is 0 Å². The molecule has 0 amide bonds. The van der Waals surface area contributed by atoms with Crippen LogP contribution in [0.15, 0.2) is 71.6 Å². The molecule has 1 N–H and O–H groups in total. The Hall–Kier alpha value is -1.91. The minimum absolute atomic E-state index is 0.128. The van der Waals surface area contributed by atoms with Crippen molar-refractivity contribution in [3.63, 3.8) is 0 Å². The molecular formula is C17H12BrClN2O. The summed E-state index contributed by atoms with van der Waals surface area (Å²) in [7, 11) is 0. The summed E-state index contributed by atoms with van der Waals surface area (Å²) in [5, 5.41) is 10.2. The van der Waals surface area contributed by atoms with Crippen molar-refractivity contribution in [1.82, 2.24) is 9.97 Å². The van der Waals surface area contributed by atoms with E-state index in [9.17, 15) is 5.11 Å². The topological polar surface area (TPSA) is 46.0 Å². The van der Waals surface area contributed by atoms with Gasteiger partial charge in [0.15, 0.2) is 0 Å². The number of rotatable bonds is 3. The van der Waals surface area contributed by atoms with Crippen LogP contribution in [0.5, 0.6) is 5.88 Å². The van der Waals surface area contributed by atoms with Crippen LogP contribution in [0.4, 0.5) is 0 Å². The number of nitrogens with zero attached hydrogens (tertiary/aromatic N) is 2. The van der Waals surface area contributed by atoms with Gasteiger partial charge < -0.3 is 5.11 Å². The van der Waals surface area contributed by atoms with E-state index >= 15 is 0 Å². The minimum atomic E-state index is -1.06. The lowest BCUT2D eigenvalue weighted by atomic mass is 9.85. The monoisotopic (exact) mass is 374 g/mol. The van der Waals surface area contributed by atoms with Crippen molar-refractivity contribution in [1.29, 1.82) is 0 Å². The van der Waals surface area contributed by atoms with E-state index < -0.39 is 4.87 Å². The second-order valence-corrected chi connectivity index (χ2v) is 6.27. The van der Waals surface area contributed by atoms with Crippen molar-refractivity contribution in [2.75, 3.05) is 0 Å². The third-order valence-corrected chi connectivity index (χ3v) is 4.64. The Morgan fingerprint density at radius 1 is 0.955 bits per heavy atom. The largest absolute Gasteiger partial charge is 0.493 e. The predicted octanol–water partition coefficient (Wildman–Crippen LogP) is 4.48. The molecule has 0 saturated carbocycles. The summed E-state index contributed by atoms with van der Waals surface area (Å²) >= 11 is 10.4.